The maximum absolute atomic E-state index is 12.6. The maximum Gasteiger partial charge on any atom is 0.185 e. The van der Waals surface area contributed by atoms with E-state index in [0.29, 0.717) is 33.6 Å². The number of phenols is 1. The zero-order chi connectivity index (χ0) is 20.1. The Hall–Kier alpha value is -2.95. The minimum atomic E-state index is -0.141. The van der Waals surface area contributed by atoms with Gasteiger partial charge in [-0.25, -0.2) is 0 Å². The highest BCUT2D eigenvalue weighted by molar-refractivity contribution is 6.12. The van der Waals surface area contributed by atoms with Crippen molar-refractivity contribution in [2.24, 2.45) is 0 Å². The summed E-state index contributed by atoms with van der Waals surface area (Å²) < 4.78 is 18.5. The lowest BCUT2D eigenvalue weighted by molar-refractivity contribution is 0.187. The number of ether oxygens (including phenoxy) is 1. The number of hydrogen-bond acceptors (Lipinski definition) is 5. The summed E-state index contributed by atoms with van der Waals surface area (Å²) >= 11 is 0. The Morgan fingerprint density at radius 2 is 1.61 bits per heavy atom. The molecule has 0 spiro atoms. The number of aromatic hydroxyl groups is 1. The first kappa shape index (κ1) is 17.2. The molecule has 1 aliphatic carbocycles. The maximum atomic E-state index is 12.6. The molecule has 2 atom stereocenters. The van der Waals surface area contributed by atoms with Gasteiger partial charge < -0.3 is 18.7 Å². The highest BCUT2D eigenvalue weighted by atomic mass is 16.5. The molecule has 5 nitrogen and oxygen atoms in total. The van der Waals surface area contributed by atoms with E-state index < -0.39 is 0 Å². The summed E-state index contributed by atoms with van der Waals surface area (Å²) in [6, 6.07) is 1.51. The van der Waals surface area contributed by atoms with Crippen LogP contribution in [0.4, 0.5) is 0 Å². The Morgan fingerprint density at radius 3 is 2.32 bits per heavy atom. The summed E-state index contributed by atoms with van der Waals surface area (Å²) in [4.78, 5) is 12.6. The lowest BCUT2D eigenvalue weighted by Crippen LogP contribution is -2.28. The first-order valence-corrected chi connectivity index (χ1v) is 9.54. The van der Waals surface area contributed by atoms with Crippen molar-refractivity contribution in [3.8, 4) is 22.8 Å². The molecule has 0 radical (unpaired) electrons. The Balaban J connectivity index is 2.12. The van der Waals surface area contributed by atoms with E-state index in [-0.39, 0.29) is 23.2 Å². The van der Waals surface area contributed by atoms with Crippen LogP contribution in [0.3, 0.4) is 0 Å². The molecule has 0 fully saturated rings. The van der Waals surface area contributed by atoms with E-state index in [9.17, 15) is 9.90 Å². The molecule has 0 bridgehead atoms. The Morgan fingerprint density at radius 1 is 0.929 bits per heavy atom. The van der Waals surface area contributed by atoms with Crippen LogP contribution in [0.2, 0.25) is 0 Å². The molecule has 144 valence electrons. The number of rotatable bonds is 0. The molecule has 5 heteroatoms. The number of hydrogen-bond donors (Lipinski definition) is 1. The van der Waals surface area contributed by atoms with Crippen molar-refractivity contribution in [2.45, 2.75) is 53.6 Å². The third kappa shape index (κ3) is 1.89. The average molecular weight is 378 g/mol. The molecule has 0 saturated heterocycles. The van der Waals surface area contributed by atoms with Crippen molar-refractivity contribution in [1.82, 2.24) is 0 Å². The summed E-state index contributed by atoms with van der Waals surface area (Å²) in [5.41, 5.74) is 5.03. The first-order chi connectivity index (χ1) is 13.2. The normalized spacial score (nSPS) is 18.9. The average Bonchev–Trinajstić information content (AvgIpc) is 2.95. The van der Waals surface area contributed by atoms with E-state index in [1.165, 1.54) is 6.07 Å². The second-order valence-corrected chi connectivity index (χ2v) is 7.99. The van der Waals surface area contributed by atoms with Crippen LogP contribution in [0, 0.1) is 27.7 Å². The van der Waals surface area contributed by atoms with Crippen molar-refractivity contribution < 1.29 is 18.7 Å². The molecule has 0 saturated carbocycles. The molecule has 2 aliphatic heterocycles. The smallest absolute Gasteiger partial charge is 0.185 e. The number of phenolic OH excluding ortho intramolecular Hbond substituents is 1. The van der Waals surface area contributed by atoms with Gasteiger partial charge in [0, 0.05) is 28.5 Å². The van der Waals surface area contributed by atoms with Crippen molar-refractivity contribution in [2.75, 3.05) is 0 Å². The quantitative estimate of drug-likeness (QED) is 0.411. The van der Waals surface area contributed by atoms with Crippen LogP contribution in [0.1, 0.15) is 47.8 Å². The van der Waals surface area contributed by atoms with Crippen molar-refractivity contribution >= 4 is 21.9 Å². The third-order valence-corrected chi connectivity index (χ3v) is 6.47. The molecule has 1 aromatic carbocycles. The predicted octanol–water partition coefficient (Wildman–Crippen LogP) is 5.47. The predicted molar refractivity (Wildman–Crippen MR) is 108 cm³/mol. The summed E-state index contributed by atoms with van der Waals surface area (Å²) in [6.07, 6.45) is -0.141. The van der Waals surface area contributed by atoms with Gasteiger partial charge in [0.25, 0.3) is 0 Å². The van der Waals surface area contributed by atoms with Crippen molar-refractivity contribution in [3.63, 3.8) is 0 Å². The van der Waals surface area contributed by atoms with Crippen LogP contribution >= 0.6 is 0 Å². The number of furan rings is 1. The minimum absolute atomic E-state index is 0.0385. The van der Waals surface area contributed by atoms with Gasteiger partial charge in [0.1, 0.15) is 34.5 Å². The third-order valence-electron chi connectivity index (χ3n) is 6.47. The van der Waals surface area contributed by atoms with Crippen LogP contribution in [0.15, 0.2) is 19.7 Å². The van der Waals surface area contributed by atoms with Crippen LogP contribution < -0.4 is 10.2 Å². The highest BCUT2D eigenvalue weighted by Gasteiger charge is 2.36. The summed E-state index contributed by atoms with van der Waals surface area (Å²) in [6.45, 7) is 11.6. The molecule has 3 heterocycles. The number of benzene rings is 2. The SMILES string of the molecule is Cc1oc2c(c1C)c(C)c(O)c1c3c4c(c(C)c(=O)cc-4oc12)C(C)C(C)O3. The largest absolute Gasteiger partial charge is 0.507 e. The lowest BCUT2D eigenvalue weighted by Gasteiger charge is -2.33. The molecule has 1 aromatic heterocycles. The molecule has 0 amide bonds. The minimum Gasteiger partial charge on any atom is -0.507 e. The molecule has 1 N–H and O–H groups in total. The van der Waals surface area contributed by atoms with Crippen LogP contribution in [0.25, 0.3) is 33.3 Å². The monoisotopic (exact) mass is 378 g/mol. The van der Waals surface area contributed by atoms with Gasteiger partial charge in [0.2, 0.25) is 0 Å². The van der Waals surface area contributed by atoms with Crippen LogP contribution in [-0.4, -0.2) is 11.2 Å². The fraction of sp³-hybridized carbons (Fsp3) is 0.348. The summed E-state index contributed by atoms with van der Waals surface area (Å²) in [5, 5.41) is 12.5. The van der Waals surface area contributed by atoms with E-state index >= 15 is 0 Å². The van der Waals surface area contributed by atoms with E-state index in [4.69, 9.17) is 13.6 Å². The fourth-order valence-corrected chi connectivity index (χ4v) is 4.59. The Kier molecular flexibility index (Phi) is 3.26. The molecule has 2 unspecified atom stereocenters. The zero-order valence-corrected chi connectivity index (χ0v) is 16.8. The Bertz CT molecular complexity index is 1340. The molecular weight excluding hydrogens is 356 g/mol. The van der Waals surface area contributed by atoms with Gasteiger partial charge in [0.15, 0.2) is 16.6 Å². The first-order valence-electron chi connectivity index (χ1n) is 9.54. The summed E-state index contributed by atoms with van der Waals surface area (Å²) in [7, 11) is 0. The van der Waals surface area contributed by atoms with Gasteiger partial charge in [0.05, 0.1) is 5.56 Å². The summed E-state index contributed by atoms with van der Waals surface area (Å²) in [5.74, 6) is 1.96. The van der Waals surface area contributed by atoms with Gasteiger partial charge in [-0.05, 0) is 45.7 Å². The van der Waals surface area contributed by atoms with Gasteiger partial charge >= 0.3 is 0 Å². The van der Waals surface area contributed by atoms with Crippen molar-refractivity contribution in [1.29, 1.82) is 0 Å². The molecule has 3 aliphatic rings. The van der Waals surface area contributed by atoms with Gasteiger partial charge in [-0.3, -0.25) is 4.79 Å². The van der Waals surface area contributed by atoms with E-state index in [0.717, 1.165) is 33.4 Å². The van der Waals surface area contributed by atoms with Gasteiger partial charge in [-0.1, -0.05) is 6.92 Å². The fourth-order valence-electron chi connectivity index (χ4n) is 4.59. The number of fused-ring (bicyclic) bond motifs is 4. The van der Waals surface area contributed by atoms with Gasteiger partial charge in [-0.15, -0.1) is 0 Å². The van der Waals surface area contributed by atoms with Crippen LogP contribution in [-0.2, 0) is 0 Å². The second-order valence-electron chi connectivity index (χ2n) is 7.99. The molecule has 5 rings (SSSR count). The lowest BCUT2D eigenvalue weighted by atomic mass is 9.83. The highest BCUT2D eigenvalue weighted by Crippen LogP contribution is 2.53. The Labute approximate surface area is 161 Å². The van der Waals surface area contributed by atoms with E-state index in [1.807, 2.05) is 41.5 Å². The van der Waals surface area contributed by atoms with Crippen molar-refractivity contribution in [3.05, 3.63) is 44.3 Å². The second kappa shape index (κ2) is 5.31. The van der Waals surface area contributed by atoms with E-state index in [1.54, 1.807) is 0 Å². The van der Waals surface area contributed by atoms with E-state index in [2.05, 4.69) is 0 Å². The molecular formula is C23H22O5. The van der Waals surface area contributed by atoms with Gasteiger partial charge in [-0.2, -0.15) is 0 Å². The van der Waals surface area contributed by atoms with Crippen LogP contribution in [0.5, 0.6) is 11.5 Å². The standard InChI is InChI=1S/C23H22O5/c1-8-12(5)26-21-18-15(7-14(24)10(3)16(8)18)28-23-19(21)20(25)11(4)17-9(2)13(6)27-22(17)23/h7-8,12,25H,1-6H3. The molecule has 2 aromatic rings. The number of aryl methyl sites for hydroxylation is 3. The molecule has 28 heavy (non-hydrogen) atoms. The zero-order valence-electron chi connectivity index (χ0n) is 16.8. The topological polar surface area (TPSA) is 72.8 Å².